The van der Waals surface area contributed by atoms with Crippen LogP contribution in [0.2, 0.25) is 0 Å². The number of carbonyl (C=O) groups is 1. The molecule has 3 nitrogen and oxygen atoms in total. The van der Waals surface area contributed by atoms with Crippen LogP contribution in [0.25, 0.3) is 0 Å². The summed E-state index contributed by atoms with van der Waals surface area (Å²) < 4.78 is 0. The third-order valence-electron chi connectivity index (χ3n) is 2.14. The lowest BCUT2D eigenvalue weighted by molar-refractivity contribution is -0.142. The van der Waals surface area contributed by atoms with Crippen LogP contribution in [0.4, 0.5) is 0 Å². The lowest BCUT2D eigenvalue weighted by Crippen LogP contribution is -2.46. The van der Waals surface area contributed by atoms with E-state index in [1.54, 1.807) is 0 Å². The molecule has 3 N–H and O–H groups in total. The Hall–Kier alpha value is -1.35. The summed E-state index contributed by atoms with van der Waals surface area (Å²) >= 11 is 0. The van der Waals surface area contributed by atoms with Gasteiger partial charge in [-0.3, -0.25) is 4.79 Å². The molecule has 14 heavy (non-hydrogen) atoms. The first-order valence-electron chi connectivity index (χ1n) is 4.49. The summed E-state index contributed by atoms with van der Waals surface area (Å²) in [6.45, 7) is 3.50. The number of aliphatic carboxylic acids is 1. The maximum atomic E-state index is 10.8. The van der Waals surface area contributed by atoms with Gasteiger partial charge in [-0.05, 0) is 19.4 Å². The molecule has 1 rings (SSSR count). The van der Waals surface area contributed by atoms with E-state index in [1.807, 2.05) is 31.2 Å². The van der Waals surface area contributed by atoms with Crippen LogP contribution in [0.1, 0.15) is 18.1 Å². The Morgan fingerprint density at radius 3 is 2.71 bits per heavy atom. The first-order chi connectivity index (χ1) is 6.42. The Morgan fingerprint density at radius 1 is 1.57 bits per heavy atom. The number of nitrogens with two attached hydrogens (primary N) is 1. The topological polar surface area (TPSA) is 63.3 Å². The molecule has 1 unspecified atom stereocenters. The molecule has 0 fully saturated rings. The Balaban J connectivity index is 2.83. The molecule has 1 atom stereocenters. The zero-order valence-corrected chi connectivity index (χ0v) is 8.45. The molecule has 3 heteroatoms. The van der Waals surface area contributed by atoms with Gasteiger partial charge in [-0.15, -0.1) is 0 Å². The quantitative estimate of drug-likeness (QED) is 0.761. The molecular formula is C11H15NO2. The second-order valence-electron chi connectivity index (χ2n) is 3.89. The van der Waals surface area contributed by atoms with Crippen molar-refractivity contribution in [3.8, 4) is 0 Å². The molecule has 1 aromatic carbocycles. The predicted octanol–water partition coefficient (Wildman–Crippen LogP) is 1.34. The Labute approximate surface area is 83.6 Å². The third-order valence-corrected chi connectivity index (χ3v) is 2.14. The molecule has 0 radical (unpaired) electrons. The third kappa shape index (κ3) is 2.57. The first-order valence-corrected chi connectivity index (χ1v) is 4.49. The average molecular weight is 193 g/mol. The van der Waals surface area contributed by atoms with Crippen molar-refractivity contribution in [3.05, 3.63) is 35.4 Å². The number of hydrogen-bond donors (Lipinski definition) is 2. The molecular weight excluding hydrogens is 178 g/mol. The zero-order chi connectivity index (χ0) is 10.8. The highest BCUT2D eigenvalue weighted by atomic mass is 16.4. The summed E-state index contributed by atoms with van der Waals surface area (Å²) in [5.74, 6) is -0.973. The minimum absolute atomic E-state index is 0.351. The fourth-order valence-electron chi connectivity index (χ4n) is 1.32. The molecule has 0 aromatic heterocycles. The van der Waals surface area contributed by atoms with E-state index in [9.17, 15) is 4.79 Å². The molecule has 0 heterocycles. The van der Waals surface area contributed by atoms with Gasteiger partial charge in [0.25, 0.3) is 0 Å². The van der Waals surface area contributed by atoms with Gasteiger partial charge in [0.1, 0.15) is 5.54 Å². The van der Waals surface area contributed by atoms with Gasteiger partial charge in [-0.2, -0.15) is 0 Å². The monoisotopic (exact) mass is 193 g/mol. The number of carboxylic acids is 1. The van der Waals surface area contributed by atoms with Gasteiger partial charge in [0.15, 0.2) is 0 Å². The summed E-state index contributed by atoms with van der Waals surface area (Å²) in [6.07, 6.45) is 0.351. The van der Waals surface area contributed by atoms with Crippen molar-refractivity contribution < 1.29 is 9.90 Å². The maximum absolute atomic E-state index is 10.8. The van der Waals surface area contributed by atoms with E-state index >= 15 is 0 Å². The zero-order valence-electron chi connectivity index (χ0n) is 8.45. The number of hydrogen-bond acceptors (Lipinski definition) is 2. The lowest BCUT2D eigenvalue weighted by atomic mass is 9.93. The minimum atomic E-state index is -1.19. The van der Waals surface area contributed by atoms with Crippen LogP contribution in [0.15, 0.2) is 24.3 Å². The fraction of sp³-hybridized carbons (Fsp3) is 0.364. The van der Waals surface area contributed by atoms with Crippen molar-refractivity contribution in [3.63, 3.8) is 0 Å². The van der Waals surface area contributed by atoms with E-state index in [2.05, 4.69) is 0 Å². The standard InChI is InChI=1S/C11H15NO2/c1-8-4-3-5-9(6-8)7-11(2,12)10(13)14/h3-6H,7,12H2,1-2H3,(H,13,14). The van der Waals surface area contributed by atoms with E-state index < -0.39 is 11.5 Å². The minimum Gasteiger partial charge on any atom is -0.480 e. The summed E-state index contributed by atoms with van der Waals surface area (Å²) in [7, 11) is 0. The van der Waals surface area contributed by atoms with Crippen molar-refractivity contribution in [2.75, 3.05) is 0 Å². The molecule has 0 aliphatic heterocycles. The molecule has 0 saturated heterocycles. The van der Waals surface area contributed by atoms with Gasteiger partial charge in [-0.25, -0.2) is 0 Å². The van der Waals surface area contributed by atoms with Crippen molar-refractivity contribution in [1.29, 1.82) is 0 Å². The molecule has 0 amide bonds. The van der Waals surface area contributed by atoms with Crippen molar-refractivity contribution in [2.24, 2.45) is 5.73 Å². The first kappa shape index (κ1) is 10.7. The Kier molecular flexibility index (Phi) is 2.91. The Bertz CT molecular complexity index is 345. The number of benzene rings is 1. The van der Waals surface area contributed by atoms with Gasteiger partial charge >= 0.3 is 5.97 Å². The normalized spacial score (nSPS) is 14.8. The van der Waals surface area contributed by atoms with E-state index in [4.69, 9.17) is 10.8 Å². The van der Waals surface area contributed by atoms with Gasteiger partial charge in [0.2, 0.25) is 0 Å². The van der Waals surface area contributed by atoms with E-state index in [-0.39, 0.29) is 0 Å². The molecule has 76 valence electrons. The smallest absolute Gasteiger partial charge is 0.323 e. The molecule has 0 bridgehead atoms. The number of carboxylic acid groups (broad SMARTS) is 1. The van der Waals surface area contributed by atoms with Crippen molar-refractivity contribution >= 4 is 5.97 Å². The van der Waals surface area contributed by atoms with E-state index in [0.717, 1.165) is 11.1 Å². The molecule has 1 aromatic rings. The summed E-state index contributed by atoms with van der Waals surface area (Å²) in [5.41, 5.74) is 6.53. The van der Waals surface area contributed by atoms with Crippen LogP contribution in [-0.4, -0.2) is 16.6 Å². The van der Waals surface area contributed by atoms with E-state index in [0.29, 0.717) is 6.42 Å². The molecule has 0 saturated carbocycles. The van der Waals surface area contributed by atoms with E-state index in [1.165, 1.54) is 6.92 Å². The Morgan fingerprint density at radius 2 is 2.21 bits per heavy atom. The van der Waals surface area contributed by atoms with Crippen LogP contribution in [-0.2, 0) is 11.2 Å². The van der Waals surface area contributed by atoms with Gasteiger partial charge < -0.3 is 10.8 Å². The second-order valence-corrected chi connectivity index (χ2v) is 3.89. The van der Waals surface area contributed by atoms with Crippen LogP contribution in [0, 0.1) is 6.92 Å². The molecule has 0 aliphatic carbocycles. The SMILES string of the molecule is Cc1cccc(CC(C)(N)C(=O)O)c1. The van der Waals surface area contributed by atoms with Crippen LogP contribution < -0.4 is 5.73 Å². The van der Waals surface area contributed by atoms with Crippen molar-refractivity contribution in [1.82, 2.24) is 0 Å². The van der Waals surface area contributed by atoms with Gasteiger partial charge in [0, 0.05) is 6.42 Å². The molecule has 0 aliphatic rings. The number of rotatable bonds is 3. The second kappa shape index (κ2) is 3.80. The van der Waals surface area contributed by atoms with Crippen molar-refractivity contribution in [2.45, 2.75) is 25.8 Å². The highest BCUT2D eigenvalue weighted by molar-refractivity contribution is 5.78. The number of aryl methyl sites for hydroxylation is 1. The van der Waals surface area contributed by atoms with Crippen LogP contribution in [0.5, 0.6) is 0 Å². The van der Waals surface area contributed by atoms with Gasteiger partial charge in [-0.1, -0.05) is 29.8 Å². The fourth-order valence-corrected chi connectivity index (χ4v) is 1.32. The highest BCUT2D eigenvalue weighted by Gasteiger charge is 2.27. The molecule has 0 spiro atoms. The largest absolute Gasteiger partial charge is 0.480 e. The van der Waals surface area contributed by atoms with Gasteiger partial charge in [0.05, 0.1) is 0 Å². The highest BCUT2D eigenvalue weighted by Crippen LogP contribution is 2.12. The summed E-state index contributed by atoms with van der Waals surface area (Å²) in [6, 6.07) is 7.72. The summed E-state index contributed by atoms with van der Waals surface area (Å²) in [5, 5.41) is 8.85. The van der Waals surface area contributed by atoms with Crippen LogP contribution in [0.3, 0.4) is 0 Å². The average Bonchev–Trinajstić information content (AvgIpc) is 2.02. The van der Waals surface area contributed by atoms with Crippen LogP contribution >= 0.6 is 0 Å². The lowest BCUT2D eigenvalue weighted by Gasteiger charge is -2.19. The predicted molar refractivity (Wildman–Crippen MR) is 55.1 cm³/mol. The summed E-state index contributed by atoms with van der Waals surface area (Å²) in [4.78, 5) is 10.8. The maximum Gasteiger partial charge on any atom is 0.323 e.